The smallest absolute Gasteiger partial charge is 0.317 e. The average Bonchev–Trinajstić information content (AvgIpc) is 2.35. The number of carboxylic acids is 1. The van der Waals surface area contributed by atoms with Gasteiger partial charge in [0.15, 0.2) is 0 Å². The van der Waals surface area contributed by atoms with Crippen LogP contribution in [0, 0.1) is 0 Å². The molecular weight excluding hydrogens is 158 g/mol. The molecule has 1 rings (SSSR count). The normalized spacial score (nSPS) is 29.1. The maximum absolute atomic E-state index is 10.2. The Morgan fingerprint density at radius 3 is 3.00 bits per heavy atom. The van der Waals surface area contributed by atoms with E-state index in [1.54, 1.807) is 0 Å². The predicted octanol–water partition coefficient (Wildman–Crippen LogP) is 0.230. The largest absolute Gasteiger partial charge is 0.480 e. The van der Waals surface area contributed by atoms with E-state index < -0.39 is 5.97 Å². The van der Waals surface area contributed by atoms with Crippen molar-refractivity contribution >= 4 is 5.97 Å². The molecule has 0 aromatic rings. The van der Waals surface area contributed by atoms with E-state index in [4.69, 9.17) is 9.84 Å². The molecule has 1 unspecified atom stereocenters. The Morgan fingerprint density at radius 2 is 2.50 bits per heavy atom. The fourth-order valence-electron chi connectivity index (χ4n) is 1.41. The van der Waals surface area contributed by atoms with Crippen LogP contribution in [0.4, 0.5) is 0 Å². The molecule has 4 heteroatoms. The van der Waals surface area contributed by atoms with Crippen LogP contribution in [0.1, 0.15) is 19.8 Å². The lowest BCUT2D eigenvalue weighted by atomic mass is 10.0. The standard InChI is InChI=1S/C8H15NO3/c1-8(3-2-4-12-8)6-9-5-7(10)11/h9H,2-6H2,1H3,(H,10,11). The summed E-state index contributed by atoms with van der Waals surface area (Å²) in [6.45, 7) is 3.44. The number of carboxylic acid groups (broad SMARTS) is 1. The summed E-state index contributed by atoms with van der Waals surface area (Å²) in [6.07, 6.45) is 2.09. The third-order valence-electron chi connectivity index (χ3n) is 2.08. The van der Waals surface area contributed by atoms with Crippen molar-refractivity contribution in [3.63, 3.8) is 0 Å². The number of carbonyl (C=O) groups is 1. The van der Waals surface area contributed by atoms with Gasteiger partial charge in [0.2, 0.25) is 0 Å². The lowest BCUT2D eigenvalue weighted by Crippen LogP contribution is -2.39. The Hall–Kier alpha value is -0.610. The molecule has 1 heterocycles. The van der Waals surface area contributed by atoms with Gasteiger partial charge in [-0.2, -0.15) is 0 Å². The lowest BCUT2D eigenvalue weighted by Gasteiger charge is -2.22. The molecule has 0 aromatic carbocycles. The van der Waals surface area contributed by atoms with Crippen LogP contribution < -0.4 is 5.32 Å². The predicted molar refractivity (Wildman–Crippen MR) is 44.1 cm³/mol. The Morgan fingerprint density at radius 1 is 1.75 bits per heavy atom. The highest BCUT2D eigenvalue weighted by Gasteiger charge is 2.29. The summed E-state index contributed by atoms with van der Waals surface area (Å²) in [5.41, 5.74) is -0.143. The van der Waals surface area contributed by atoms with Crippen molar-refractivity contribution < 1.29 is 14.6 Å². The molecule has 12 heavy (non-hydrogen) atoms. The molecule has 1 fully saturated rings. The van der Waals surface area contributed by atoms with E-state index in [1.807, 2.05) is 6.92 Å². The molecule has 0 saturated carbocycles. The minimum Gasteiger partial charge on any atom is -0.480 e. The summed E-state index contributed by atoms with van der Waals surface area (Å²) in [6, 6.07) is 0. The molecule has 0 spiro atoms. The first kappa shape index (κ1) is 9.48. The number of hydrogen-bond acceptors (Lipinski definition) is 3. The maximum Gasteiger partial charge on any atom is 0.317 e. The zero-order chi connectivity index (χ0) is 9.03. The van der Waals surface area contributed by atoms with Crippen LogP contribution in [-0.2, 0) is 9.53 Å². The monoisotopic (exact) mass is 173 g/mol. The molecule has 1 aliphatic heterocycles. The maximum atomic E-state index is 10.2. The summed E-state index contributed by atoms with van der Waals surface area (Å²) in [5, 5.41) is 11.2. The van der Waals surface area contributed by atoms with E-state index in [0.717, 1.165) is 19.4 Å². The molecular formula is C8H15NO3. The fourth-order valence-corrected chi connectivity index (χ4v) is 1.41. The van der Waals surface area contributed by atoms with E-state index in [2.05, 4.69) is 5.32 Å². The first-order chi connectivity index (χ1) is 5.62. The van der Waals surface area contributed by atoms with Gasteiger partial charge in [-0.1, -0.05) is 0 Å². The van der Waals surface area contributed by atoms with Crippen LogP contribution in [-0.4, -0.2) is 36.4 Å². The average molecular weight is 173 g/mol. The number of aliphatic carboxylic acids is 1. The van der Waals surface area contributed by atoms with E-state index in [0.29, 0.717) is 6.54 Å². The second-order valence-corrected chi connectivity index (χ2v) is 3.40. The van der Waals surface area contributed by atoms with Crippen LogP contribution in [0.3, 0.4) is 0 Å². The van der Waals surface area contributed by atoms with Crippen LogP contribution >= 0.6 is 0 Å². The van der Waals surface area contributed by atoms with E-state index in [-0.39, 0.29) is 12.1 Å². The zero-order valence-electron chi connectivity index (χ0n) is 7.30. The van der Waals surface area contributed by atoms with Crippen LogP contribution in [0.15, 0.2) is 0 Å². The van der Waals surface area contributed by atoms with Gasteiger partial charge in [0.25, 0.3) is 0 Å². The molecule has 1 saturated heterocycles. The zero-order valence-corrected chi connectivity index (χ0v) is 7.30. The summed E-state index contributed by atoms with van der Waals surface area (Å²) in [7, 11) is 0. The van der Waals surface area contributed by atoms with Gasteiger partial charge in [-0.25, -0.2) is 0 Å². The molecule has 70 valence electrons. The lowest BCUT2D eigenvalue weighted by molar-refractivity contribution is -0.136. The van der Waals surface area contributed by atoms with E-state index >= 15 is 0 Å². The Balaban J connectivity index is 2.17. The van der Waals surface area contributed by atoms with Gasteiger partial charge in [-0.3, -0.25) is 4.79 Å². The van der Waals surface area contributed by atoms with Crippen LogP contribution in [0.5, 0.6) is 0 Å². The van der Waals surface area contributed by atoms with Gasteiger partial charge >= 0.3 is 5.97 Å². The van der Waals surface area contributed by atoms with E-state index in [1.165, 1.54) is 0 Å². The molecule has 2 N–H and O–H groups in total. The Labute approximate surface area is 71.9 Å². The van der Waals surface area contributed by atoms with Gasteiger partial charge < -0.3 is 15.2 Å². The summed E-state index contributed by atoms with van der Waals surface area (Å²) < 4.78 is 5.47. The van der Waals surface area contributed by atoms with Gasteiger partial charge in [0.05, 0.1) is 12.1 Å². The third-order valence-corrected chi connectivity index (χ3v) is 2.08. The number of ether oxygens (including phenoxy) is 1. The number of nitrogens with one attached hydrogen (secondary N) is 1. The van der Waals surface area contributed by atoms with Gasteiger partial charge in [0.1, 0.15) is 0 Å². The molecule has 0 bridgehead atoms. The molecule has 4 nitrogen and oxygen atoms in total. The van der Waals surface area contributed by atoms with Crippen LogP contribution in [0.25, 0.3) is 0 Å². The van der Waals surface area contributed by atoms with Crippen molar-refractivity contribution in [2.75, 3.05) is 19.7 Å². The van der Waals surface area contributed by atoms with Crippen molar-refractivity contribution in [1.29, 1.82) is 0 Å². The second kappa shape index (κ2) is 3.87. The summed E-state index contributed by atoms with van der Waals surface area (Å²) in [5.74, 6) is -0.823. The third kappa shape index (κ3) is 2.79. The minimum absolute atomic E-state index is 0.0128. The Kier molecular flexibility index (Phi) is 3.05. The van der Waals surface area contributed by atoms with Crippen molar-refractivity contribution in [2.45, 2.75) is 25.4 Å². The highest BCUT2D eigenvalue weighted by molar-refractivity contribution is 5.68. The molecule has 0 aliphatic carbocycles. The molecule has 0 aromatic heterocycles. The van der Waals surface area contributed by atoms with Crippen LogP contribution in [0.2, 0.25) is 0 Å². The number of rotatable bonds is 4. The SMILES string of the molecule is CC1(CNCC(=O)O)CCCO1. The fraction of sp³-hybridized carbons (Fsp3) is 0.875. The first-order valence-corrected chi connectivity index (χ1v) is 4.19. The van der Waals surface area contributed by atoms with E-state index in [9.17, 15) is 4.79 Å². The quantitative estimate of drug-likeness (QED) is 0.639. The van der Waals surface area contributed by atoms with Crippen molar-refractivity contribution in [3.8, 4) is 0 Å². The summed E-state index contributed by atoms with van der Waals surface area (Å²) >= 11 is 0. The minimum atomic E-state index is -0.823. The van der Waals surface area contributed by atoms with Crippen molar-refractivity contribution in [1.82, 2.24) is 5.32 Å². The van der Waals surface area contributed by atoms with Crippen molar-refractivity contribution in [2.24, 2.45) is 0 Å². The van der Waals surface area contributed by atoms with Gasteiger partial charge in [-0.05, 0) is 19.8 Å². The number of hydrogen-bond donors (Lipinski definition) is 2. The second-order valence-electron chi connectivity index (χ2n) is 3.40. The Bertz CT molecular complexity index is 164. The topological polar surface area (TPSA) is 58.6 Å². The molecule has 0 radical (unpaired) electrons. The molecule has 1 atom stereocenters. The highest BCUT2D eigenvalue weighted by atomic mass is 16.5. The first-order valence-electron chi connectivity index (χ1n) is 4.19. The van der Waals surface area contributed by atoms with Gasteiger partial charge in [0, 0.05) is 13.2 Å². The summed E-state index contributed by atoms with van der Waals surface area (Å²) in [4.78, 5) is 10.2. The molecule has 0 amide bonds. The molecule has 1 aliphatic rings. The highest BCUT2D eigenvalue weighted by Crippen LogP contribution is 2.23. The van der Waals surface area contributed by atoms with Crippen molar-refractivity contribution in [3.05, 3.63) is 0 Å². The van der Waals surface area contributed by atoms with Gasteiger partial charge in [-0.15, -0.1) is 0 Å².